The monoisotopic (exact) mass is 313 g/mol. The Morgan fingerprint density at radius 2 is 2.15 bits per heavy atom. The Morgan fingerprint density at radius 1 is 1.40 bits per heavy atom. The average Bonchev–Trinajstić information content (AvgIpc) is 2.57. The number of alkyl halides is 2. The number of nitrogens with zero attached hydrogens (tertiary/aromatic N) is 1. The number of aromatic carboxylic acids is 1. The quantitative estimate of drug-likeness (QED) is 0.669. The Labute approximate surface area is 128 Å². The highest BCUT2D eigenvalue weighted by atomic mass is 35.5. The molecule has 0 saturated carbocycles. The lowest BCUT2D eigenvalue weighted by Gasteiger charge is -2.48. The van der Waals surface area contributed by atoms with Gasteiger partial charge in [0, 0.05) is 10.9 Å². The molecule has 20 heavy (non-hydrogen) atoms. The van der Waals surface area contributed by atoms with E-state index in [4.69, 9.17) is 23.2 Å². The number of halogens is 2. The summed E-state index contributed by atoms with van der Waals surface area (Å²) in [5.74, 6) is -0.903. The number of piperidine rings is 1. The van der Waals surface area contributed by atoms with Gasteiger partial charge < -0.3 is 5.11 Å². The molecular formula is C15H17Cl2NO2. The van der Waals surface area contributed by atoms with Gasteiger partial charge in [0.2, 0.25) is 0 Å². The first-order valence-electron chi connectivity index (χ1n) is 6.78. The predicted molar refractivity (Wildman–Crippen MR) is 79.5 cm³/mol. The fraction of sp³-hybridized carbons (Fsp3) is 0.533. The van der Waals surface area contributed by atoms with Gasteiger partial charge in [-0.1, -0.05) is 12.1 Å². The Kier molecular flexibility index (Phi) is 3.27. The Morgan fingerprint density at radius 3 is 2.85 bits per heavy atom. The van der Waals surface area contributed by atoms with E-state index in [0.29, 0.717) is 5.56 Å². The zero-order valence-electron chi connectivity index (χ0n) is 11.3. The third-order valence-electron chi connectivity index (χ3n) is 4.91. The first-order valence-corrected chi connectivity index (χ1v) is 7.60. The standard InChI is InChI=1S/C15H17Cl2NO2/c1-18-14(5-6-15(18,17)9-12(16)8-14)11-4-2-3-10(7-11)13(19)20/h2-4,7,12H,5-6,8-9H2,1H3,(H,19,20). The summed E-state index contributed by atoms with van der Waals surface area (Å²) in [6.07, 6.45) is 3.38. The molecule has 2 saturated heterocycles. The maximum atomic E-state index is 11.2. The van der Waals surface area contributed by atoms with Gasteiger partial charge in [-0.3, -0.25) is 4.90 Å². The topological polar surface area (TPSA) is 40.5 Å². The molecule has 0 amide bonds. The number of carboxylic acid groups (broad SMARTS) is 1. The van der Waals surface area contributed by atoms with Crippen molar-refractivity contribution < 1.29 is 9.90 Å². The molecule has 2 aliphatic heterocycles. The van der Waals surface area contributed by atoms with Gasteiger partial charge in [-0.2, -0.15) is 0 Å². The summed E-state index contributed by atoms with van der Waals surface area (Å²) < 4.78 is 0. The van der Waals surface area contributed by atoms with Crippen LogP contribution in [0.3, 0.4) is 0 Å². The lowest BCUT2D eigenvalue weighted by atomic mass is 9.81. The van der Waals surface area contributed by atoms with Crippen molar-refractivity contribution in [3.63, 3.8) is 0 Å². The fourth-order valence-corrected chi connectivity index (χ4v) is 4.80. The maximum Gasteiger partial charge on any atom is 0.335 e. The zero-order valence-corrected chi connectivity index (χ0v) is 12.8. The van der Waals surface area contributed by atoms with Crippen LogP contribution in [0.5, 0.6) is 0 Å². The molecule has 1 aromatic carbocycles. The van der Waals surface area contributed by atoms with E-state index in [2.05, 4.69) is 4.90 Å². The Hall–Kier alpha value is -0.770. The molecule has 108 valence electrons. The highest BCUT2D eigenvalue weighted by Crippen LogP contribution is 2.57. The molecule has 3 unspecified atom stereocenters. The molecule has 2 bridgehead atoms. The van der Waals surface area contributed by atoms with E-state index in [9.17, 15) is 9.90 Å². The van der Waals surface area contributed by atoms with Gasteiger partial charge in [0.05, 0.1) is 10.6 Å². The third-order valence-corrected chi connectivity index (χ3v) is 5.81. The molecule has 1 aromatic rings. The van der Waals surface area contributed by atoms with E-state index in [-0.39, 0.29) is 10.9 Å². The van der Waals surface area contributed by atoms with E-state index in [0.717, 1.165) is 31.2 Å². The minimum absolute atomic E-state index is 0.0275. The number of carboxylic acids is 1. The summed E-state index contributed by atoms with van der Waals surface area (Å²) in [5.41, 5.74) is 1.08. The SMILES string of the molecule is CN1C2(Cl)CCC1(c1cccc(C(=O)O)c1)CC(Cl)C2. The first kappa shape index (κ1) is 14.2. The van der Waals surface area contributed by atoms with Crippen LogP contribution >= 0.6 is 23.2 Å². The van der Waals surface area contributed by atoms with Gasteiger partial charge in [0.1, 0.15) is 0 Å². The van der Waals surface area contributed by atoms with E-state index < -0.39 is 11.0 Å². The van der Waals surface area contributed by atoms with Crippen LogP contribution in [-0.4, -0.2) is 33.4 Å². The second-order valence-electron chi connectivity index (χ2n) is 5.90. The van der Waals surface area contributed by atoms with Crippen LogP contribution in [0.1, 0.15) is 41.6 Å². The normalized spacial score (nSPS) is 37.0. The van der Waals surface area contributed by atoms with Crippen molar-refractivity contribution in [3.8, 4) is 0 Å². The summed E-state index contributed by atoms with van der Waals surface area (Å²) in [5, 5.41) is 9.21. The first-order chi connectivity index (χ1) is 9.37. The molecule has 2 fully saturated rings. The van der Waals surface area contributed by atoms with Gasteiger partial charge in [-0.15, -0.1) is 23.2 Å². The average molecular weight is 314 g/mol. The van der Waals surface area contributed by atoms with Crippen LogP contribution in [0.2, 0.25) is 0 Å². The van der Waals surface area contributed by atoms with Gasteiger partial charge in [-0.05, 0) is 50.4 Å². The van der Waals surface area contributed by atoms with Crippen LogP contribution in [-0.2, 0) is 5.54 Å². The van der Waals surface area contributed by atoms with Crippen molar-refractivity contribution in [2.24, 2.45) is 0 Å². The van der Waals surface area contributed by atoms with E-state index in [1.807, 2.05) is 13.1 Å². The molecule has 3 nitrogen and oxygen atoms in total. The molecule has 2 heterocycles. The highest BCUT2D eigenvalue weighted by Gasteiger charge is 2.57. The van der Waals surface area contributed by atoms with Crippen LogP contribution < -0.4 is 0 Å². The minimum Gasteiger partial charge on any atom is -0.478 e. The summed E-state index contributed by atoms with van der Waals surface area (Å²) >= 11 is 13.1. The van der Waals surface area contributed by atoms with Gasteiger partial charge >= 0.3 is 5.97 Å². The van der Waals surface area contributed by atoms with Crippen molar-refractivity contribution in [2.45, 2.75) is 41.6 Å². The molecule has 0 aliphatic carbocycles. The van der Waals surface area contributed by atoms with E-state index >= 15 is 0 Å². The van der Waals surface area contributed by atoms with E-state index in [1.54, 1.807) is 18.2 Å². The highest BCUT2D eigenvalue weighted by molar-refractivity contribution is 6.26. The van der Waals surface area contributed by atoms with Crippen molar-refractivity contribution in [3.05, 3.63) is 35.4 Å². The number of rotatable bonds is 2. The fourth-order valence-electron chi connectivity index (χ4n) is 3.77. The summed E-state index contributed by atoms with van der Waals surface area (Å²) in [7, 11) is 2.02. The minimum atomic E-state index is -0.903. The molecule has 0 spiro atoms. The Bertz CT molecular complexity index is 565. The predicted octanol–water partition coefficient (Wildman–Crippen LogP) is 3.64. The zero-order chi connectivity index (χ0) is 14.5. The number of fused-ring (bicyclic) bond motifs is 2. The maximum absolute atomic E-state index is 11.2. The smallest absolute Gasteiger partial charge is 0.335 e. The van der Waals surface area contributed by atoms with Crippen LogP contribution in [0.15, 0.2) is 24.3 Å². The van der Waals surface area contributed by atoms with Gasteiger partial charge in [-0.25, -0.2) is 4.79 Å². The molecule has 2 aliphatic rings. The van der Waals surface area contributed by atoms with Crippen molar-refractivity contribution >= 4 is 29.2 Å². The molecule has 0 radical (unpaired) electrons. The number of benzene rings is 1. The molecule has 1 N–H and O–H groups in total. The largest absolute Gasteiger partial charge is 0.478 e. The molecule has 3 rings (SSSR count). The van der Waals surface area contributed by atoms with Crippen molar-refractivity contribution in [1.29, 1.82) is 0 Å². The molecule has 3 atom stereocenters. The van der Waals surface area contributed by atoms with Gasteiger partial charge in [0.15, 0.2) is 0 Å². The summed E-state index contributed by atoms with van der Waals surface area (Å²) in [6, 6.07) is 7.16. The lowest BCUT2D eigenvalue weighted by Crippen LogP contribution is -2.53. The van der Waals surface area contributed by atoms with Crippen LogP contribution in [0.25, 0.3) is 0 Å². The molecule has 0 aromatic heterocycles. The number of carbonyl (C=O) groups is 1. The summed E-state index contributed by atoms with van der Waals surface area (Å²) in [4.78, 5) is 13.0. The lowest BCUT2D eigenvalue weighted by molar-refractivity contribution is 0.0614. The second kappa shape index (κ2) is 4.62. The van der Waals surface area contributed by atoms with Crippen molar-refractivity contribution in [1.82, 2.24) is 4.90 Å². The van der Waals surface area contributed by atoms with Crippen LogP contribution in [0.4, 0.5) is 0 Å². The van der Waals surface area contributed by atoms with Crippen LogP contribution in [0, 0.1) is 0 Å². The number of hydrogen-bond donors (Lipinski definition) is 1. The summed E-state index contributed by atoms with van der Waals surface area (Å²) in [6.45, 7) is 0. The van der Waals surface area contributed by atoms with Gasteiger partial charge in [0.25, 0.3) is 0 Å². The van der Waals surface area contributed by atoms with E-state index in [1.165, 1.54) is 0 Å². The second-order valence-corrected chi connectivity index (χ2v) is 7.22. The number of hydrogen-bond acceptors (Lipinski definition) is 2. The van der Waals surface area contributed by atoms with Crippen molar-refractivity contribution in [2.75, 3.05) is 7.05 Å². The third kappa shape index (κ3) is 1.95. The molecular weight excluding hydrogens is 297 g/mol. The Balaban J connectivity index is 2.08. The molecule has 5 heteroatoms.